The molecule has 1 unspecified atom stereocenters. The Bertz CT molecular complexity index is 2480. The van der Waals surface area contributed by atoms with Gasteiger partial charge >= 0.3 is 0 Å². The molecule has 2 saturated heterocycles. The predicted octanol–water partition coefficient (Wildman–Crippen LogP) is 6.80. The van der Waals surface area contributed by atoms with Crippen molar-refractivity contribution < 1.29 is 9.59 Å². The van der Waals surface area contributed by atoms with Gasteiger partial charge in [-0.25, -0.2) is 14.6 Å². The lowest BCUT2D eigenvalue weighted by molar-refractivity contribution is -0.118. The molecule has 15 heteroatoms. The van der Waals surface area contributed by atoms with Gasteiger partial charge in [0.2, 0.25) is 11.8 Å². The van der Waals surface area contributed by atoms with Crippen molar-refractivity contribution in [3.05, 3.63) is 107 Å². The minimum atomic E-state index is -0.0700. The third-order valence-electron chi connectivity index (χ3n) is 11.2. The quantitative estimate of drug-likeness (QED) is 0.122. The molecule has 0 spiro atoms. The van der Waals surface area contributed by atoms with E-state index >= 15 is 0 Å². The first-order chi connectivity index (χ1) is 28.3. The molecule has 7 aromatic rings. The van der Waals surface area contributed by atoms with Gasteiger partial charge in [-0.05, 0) is 82.5 Å². The molecule has 3 aromatic carbocycles. The highest BCUT2D eigenvalue weighted by molar-refractivity contribution is 7.22. The van der Waals surface area contributed by atoms with Crippen LogP contribution in [0.15, 0.2) is 78.9 Å². The maximum atomic E-state index is 13.8. The standard InChI is InChI=1S/C43H47N11O2S2/c1-28-40(46-38(55)26-51-21-23-53(24-22-51)43-45-33-15-7-9-17-37(33)58-43)34(49-48-28)18-19-35-41(29(2)54(50-35)31-12-4-3-5-13-31)47-39(56)27-52-20-10-11-30(25-52)42-44-32-14-6-8-16-36(32)57-42/h3-9,12-17,30H,10-11,18-27H2,1-2H3,(H,46,55)(H,47,56)(H,48,49). The Balaban J connectivity index is 0.841. The van der Waals surface area contributed by atoms with Crippen LogP contribution in [0.2, 0.25) is 0 Å². The van der Waals surface area contributed by atoms with Gasteiger partial charge < -0.3 is 15.5 Å². The summed E-state index contributed by atoms with van der Waals surface area (Å²) in [5.74, 6) is 0.178. The van der Waals surface area contributed by atoms with E-state index in [-0.39, 0.29) is 11.8 Å². The van der Waals surface area contributed by atoms with Crippen LogP contribution in [-0.2, 0) is 22.4 Å². The number of H-pyrrole nitrogens is 1. The van der Waals surface area contributed by atoms with E-state index in [1.807, 2.05) is 67.1 Å². The number of piperazine rings is 1. The maximum Gasteiger partial charge on any atom is 0.238 e. The monoisotopic (exact) mass is 813 g/mol. The van der Waals surface area contributed by atoms with Crippen molar-refractivity contribution in [1.29, 1.82) is 0 Å². The number of benzene rings is 3. The number of likely N-dealkylation sites (tertiary alicyclic amines) is 1. The number of thiazole rings is 2. The Kier molecular flexibility index (Phi) is 11.0. The lowest BCUT2D eigenvalue weighted by atomic mass is 9.99. The molecule has 0 radical (unpaired) electrons. The SMILES string of the molecule is Cc1n[nH]c(CCc2nn(-c3ccccc3)c(C)c2NC(=O)CN2CCCC(c3nc4ccccc4s3)C2)c1NC(=O)CN1CCN(c2nc3ccccc3s2)CC1. The van der Waals surface area contributed by atoms with Gasteiger partial charge in [-0.3, -0.25) is 24.5 Å². The molecule has 1 atom stereocenters. The number of nitrogens with zero attached hydrogens (tertiary/aromatic N) is 8. The smallest absolute Gasteiger partial charge is 0.238 e. The van der Waals surface area contributed by atoms with E-state index in [1.54, 1.807) is 22.7 Å². The number of aromatic amines is 1. The molecule has 0 aliphatic carbocycles. The van der Waals surface area contributed by atoms with Gasteiger partial charge in [0.1, 0.15) is 0 Å². The fraction of sp³-hybridized carbons (Fsp3) is 0.349. The molecule has 4 aromatic heterocycles. The topological polar surface area (TPSA) is 140 Å². The number of anilines is 3. The number of carbonyl (C=O) groups is 2. The van der Waals surface area contributed by atoms with Crippen LogP contribution >= 0.6 is 22.7 Å². The van der Waals surface area contributed by atoms with Crippen molar-refractivity contribution in [2.45, 2.75) is 45.4 Å². The van der Waals surface area contributed by atoms with E-state index in [2.05, 4.69) is 65.9 Å². The van der Waals surface area contributed by atoms with Crippen molar-refractivity contribution >= 4 is 71.4 Å². The Morgan fingerprint density at radius 3 is 2.17 bits per heavy atom. The first kappa shape index (κ1) is 38.1. The first-order valence-corrected chi connectivity index (χ1v) is 21.7. The lowest BCUT2D eigenvalue weighted by Gasteiger charge is -2.34. The van der Waals surface area contributed by atoms with E-state index in [0.717, 1.165) is 107 Å². The fourth-order valence-corrected chi connectivity index (χ4v) is 10.2. The second-order valence-corrected chi connectivity index (χ2v) is 17.3. The second-order valence-electron chi connectivity index (χ2n) is 15.2. The molecule has 3 N–H and O–H groups in total. The summed E-state index contributed by atoms with van der Waals surface area (Å²) < 4.78 is 4.29. The Morgan fingerprint density at radius 1 is 0.759 bits per heavy atom. The van der Waals surface area contributed by atoms with Gasteiger partial charge in [0, 0.05) is 38.6 Å². The molecule has 6 heterocycles. The molecular formula is C43H47N11O2S2. The van der Waals surface area contributed by atoms with Crippen LogP contribution in [0.3, 0.4) is 0 Å². The maximum absolute atomic E-state index is 13.8. The van der Waals surface area contributed by atoms with Crippen LogP contribution in [0.1, 0.15) is 46.5 Å². The number of hydrogen-bond donors (Lipinski definition) is 3. The van der Waals surface area contributed by atoms with E-state index < -0.39 is 0 Å². The molecule has 2 amide bonds. The highest BCUT2D eigenvalue weighted by Gasteiger charge is 2.27. The van der Waals surface area contributed by atoms with E-state index in [1.165, 1.54) is 9.40 Å². The third-order valence-corrected chi connectivity index (χ3v) is 13.5. The molecule has 13 nitrogen and oxygen atoms in total. The average molecular weight is 814 g/mol. The Hall–Kier alpha value is -5.48. The Labute approximate surface area is 345 Å². The molecule has 2 fully saturated rings. The van der Waals surface area contributed by atoms with Crippen LogP contribution < -0.4 is 15.5 Å². The zero-order valence-corrected chi connectivity index (χ0v) is 34.4. The van der Waals surface area contributed by atoms with Crippen molar-refractivity contribution in [2.75, 3.05) is 67.9 Å². The van der Waals surface area contributed by atoms with Gasteiger partial charge in [-0.15, -0.1) is 11.3 Å². The number of fused-ring (bicyclic) bond motifs is 2. The minimum absolute atomic E-state index is 0.0619. The Morgan fingerprint density at radius 2 is 1.43 bits per heavy atom. The highest BCUT2D eigenvalue weighted by atomic mass is 32.1. The summed E-state index contributed by atoms with van der Waals surface area (Å²) in [6, 6.07) is 26.5. The second kappa shape index (κ2) is 16.8. The molecule has 58 heavy (non-hydrogen) atoms. The number of aromatic nitrogens is 6. The van der Waals surface area contributed by atoms with Crippen LogP contribution in [0, 0.1) is 13.8 Å². The third kappa shape index (κ3) is 8.25. The van der Waals surface area contributed by atoms with Gasteiger partial charge in [0.05, 0.1) is 78.4 Å². The zero-order valence-electron chi connectivity index (χ0n) is 32.8. The van der Waals surface area contributed by atoms with E-state index in [4.69, 9.17) is 15.1 Å². The highest BCUT2D eigenvalue weighted by Crippen LogP contribution is 2.34. The number of hydrogen-bond acceptors (Lipinski definition) is 11. The van der Waals surface area contributed by atoms with Crippen LogP contribution in [0.4, 0.5) is 16.5 Å². The van der Waals surface area contributed by atoms with Gasteiger partial charge in [0.25, 0.3) is 0 Å². The predicted molar refractivity (Wildman–Crippen MR) is 233 cm³/mol. The van der Waals surface area contributed by atoms with Crippen molar-refractivity contribution in [3.8, 4) is 5.69 Å². The fourth-order valence-electron chi connectivity index (χ4n) is 8.11. The molecule has 0 bridgehead atoms. The number of amides is 2. The number of rotatable bonds is 12. The number of piperidine rings is 1. The van der Waals surface area contributed by atoms with E-state index in [0.29, 0.717) is 37.5 Å². The van der Waals surface area contributed by atoms with Gasteiger partial charge in [-0.1, -0.05) is 53.8 Å². The summed E-state index contributed by atoms with van der Waals surface area (Å²) in [7, 11) is 0. The summed E-state index contributed by atoms with van der Waals surface area (Å²) in [4.78, 5) is 43.7. The van der Waals surface area contributed by atoms with Crippen LogP contribution in [0.25, 0.3) is 26.1 Å². The molecule has 298 valence electrons. The number of aryl methyl sites for hydroxylation is 3. The summed E-state index contributed by atoms with van der Waals surface area (Å²) >= 11 is 3.48. The normalized spacial score (nSPS) is 16.7. The van der Waals surface area contributed by atoms with Crippen LogP contribution in [-0.4, -0.2) is 104 Å². The molecule has 2 aliphatic rings. The van der Waals surface area contributed by atoms with Crippen molar-refractivity contribution in [3.63, 3.8) is 0 Å². The number of nitrogens with one attached hydrogen (secondary N) is 3. The summed E-state index contributed by atoms with van der Waals surface area (Å²) in [5.41, 5.74) is 7.61. The summed E-state index contributed by atoms with van der Waals surface area (Å²) in [5, 5.41) is 21.3. The number of para-hydroxylation sites is 3. The van der Waals surface area contributed by atoms with Gasteiger partial charge in [0.15, 0.2) is 5.13 Å². The van der Waals surface area contributed by atoms with Crippen LogP contribution in [0.5, 0.6) is 0 Å². The zero-order chi connectivity index (χ0) is 39.6. The lowest BCUT2D eigenvalue weighted by Crippen LogP contribution is -2.48. The number of carbonyl (C=O) groups excluding carboxylic acids is 2. The molecule has 9 rings (SSSR count). The summed E-state index contributed by atoms with van der Waals surface area (Å²) in [6.45, 7) is 9.35. The average Bonchev–Trinajstić information content (AvgIpc) is 4.03. The molecule has 2 aliphatic heterocycles. The van der Waals surface area contributed by atoms with Crippen molar-refractivity contribution in [2.24, 2.45) is 0 Å². The first-order valence-electron chi connectivity index (χ1n) is 20.0. The molecular weight excluding hydrogens is 767 g/mol. The summed E-state index contributed by atoms with van der Waals surface area (Å²) in [6.07, 6.45) is 3.16. The van der Waals surface area contributed by atoms with E-state index in [9.17, 15) is 9.59 Å². The van der Waals surface area contributed by atoms with Gasteiger partial charge in [-0.2, -0.15) is 10.2 Å². The minimum Gasteiger partial charge on any atom is -0.345 e. The largest absolute Gasteiger partial charge is 0.345 e. The van der Waals surface area contributed by atoms with Crippen molar-refractivity contribution in [1.82, 2.24) is 39.7 Å². The molecule has 0 saturated carbocycles.